The lowest BCUT2D eigenvalue weighted by Gasteiger charge is -2.13. The smallest absolute Gasteiger partial charge is 0.407 e. The van der Waals surface area contributed by atoms with Gasteiger partial charge in [-0.3, -0.25) is 0 Å². The van der Waals surface area contributed by atoms with Crippen molar-refractivity contribution in [3.63, 3.8) is 0 Å². The van der Waals surface area contributed by atoms with Gasteiger partial charge in [-0.1, -0.05) is 18.5 Å². The quantitative estimate of drug-likeness (QED) is 0.611. The fourth-order valence-electron chi connectivity index (χ4n) is 2.01. The number of halogens is 3. The van der Waals surface area contributed by atoms with E-state index in [4.69, 9.17) is 25.8 Å². The van der Waals surface area contributed by atoms with Crippen LogP contribution >= 0.6 is 11.6 Å². The molecule has 0 heterocycles. The van der Waals surface area contributed by atoms with Gasteiger partial charge in [-0.15, -0.1) is 0 Å². The Bertz CT molecular complexity index is 768. The largest absolute Gasteiger partial charge is 0.490 e. The number of carbonyl (C=O) groups excluding carboxylic acids is 1. The van der Waals surface area contributed by atoms with Crippen LogP contribution in [-0.2, 0) is 4.74 Å². The van der Waals surface area contributed by atoms with Crippen molar-refractivity contribution in [2.24, 2.45) is 0 Å². The molecule has 0 aliphatic carbocycles. The molecule has 1 amide bonds. The predicted octanol–water partition coefficient (Wildman–Crippen LogP) is 5.31. The van der Waals surface area contributed by atoms with Crippen molar-refractivity contribution in [2.45, 2.75) is 26.4 Å². The molecule has 27 heavy (non-hydrogen) atoms. The molecule has 2 rings (SSSR count). The summed E-state index contributed by atoms with van der Waals surface area (Å²) in [6, 6.07) is 7.45. The molecule has 2 aromatic carbocycles. The minimum absolute atomic E-state index is 0.0151. The lowest BCUT2D eigenvalue weighted by atomic mass is 10.3. The molecule has 146 valence electrons. The molecule has 8 heteroatoms. The average Bonchev–Trinajstić information content (AvgIpc) is 2.59. The van der Waals surface area contributed by atoms with Crippen LogP contribution < -0.4 is 14.8 Å². The summed E-state index contributed by atoms with van der Waals surface area (Å²) in [6.07, 6.45) is 0.0699. The van der Waals surface area contributed by atoms with E-state index in [2.05, 4.69) is 5.32 Å². The molecule has 0 saturated heterocycles. The van der Waals surface area contributed by atoms with Crippen LogP contribution in [0, 0.1) is 11.6 Å². The average molecular weight is 400 g/mol. The summed E-state index contributed by atoms with van der Waals surface area (Å²) >= 11 is 6.12. The minimum atomic E-state index is -0.740. The summed E-state index contributed by atoms with van der Waals surface area (Å²) in [6.45, 7) is 4.15. The highest BCUT2D eigenvalue weighted by Crippen LogP contribution is 2.31. The van der Waals surface area contributed by atoms with E-state index >= 15 is 0 Å². The summed E-state index contributed by atoms with van der Waals surface area (Å²) in [7, 11) is 0. The third kappa shape index (κ3) is 6.94. The van der Waals surface area contributed by atoms with Crippen molar-refractivity contribution in [3.05, 3.63) is 53.1 Å². The molecule has 5 nitrogen and oxygen atoms in total. The van der Waals surface area contributed by atoms with Gasteiger partial charge in [-0.2, -0.15) is 0 Å². The zero-order valence-corrected chi connectivity index (χ0v) is 15.7. The van der Waals surface area contributed by atoms with Crippen LogP contribution in [0.4, 0.5) is 13.6 Å². The first-order valence-corrected chi connectivity index (χ1v) is 8.76. The Morgan fingerprint density at radius 3 is 2.48 bits per heavy atom. The maximum atomic E-state index is 13.2. The Balaban J connectivity index is 1.84. The molecular weight excluding hydrogens is 380 g/mol. The molecular formula is C19H20ClF2NO4. The van der Waals surface area contributed by atoms with Gasteiger partial charge in [0, 0.05) is 24.3 Å². The molecule has 0 aliphatic heterocycles. The number of hydrogen-bond acceptors (Lipinski definition) is 4. The third-order valence-corrected chi connectivity index (χ3v) is 3.78. The lowest BCUT2D eigenvalue weighted by molar-refractivity contribution is 0.103. The zero-order chi connectivity index (χ0) is 19.8. The third-order valence-electron chi connectivity index (χ3n) is 3.49. The van der Waals surface area contributed by atoms with Crippen LogP contribution in [0.2, 0.25) is 5.02 Å². The topological polar surface area (TPSA) is 56.8 Å². The molecule has 0 aliphatic rings. The second kappa shape index (κ2) is 9.97. The Morgan fingerprint density at radius 1 is 1.15 bits per heavy atom. The maximum absolute atomic E-state index is 13.2. The van der Waals surface area contributed by atoms with Gasteiger partial charge in [0.2, 0.25) is 0 Å². The van der Waals surface area contributed by atoms with Gasteiger partial charge in [0.15, 0.2) is 0 Å². The summed E-state index contributed by atoms with van der Waals surface area (Å²) in [5.41, 5.74) is 0. The Kier molecular flexibility index (Phi) is 7.67. The molecule has 0 aromatic heterocycles. The minimum Gasteiger partial charge on any atom is -0.490 e. The van der Waals surface area contributed by atoms with E-state index in [9.17, 15) is 13.6 Å². The Labute approximate surface area is 161 Å². The zero-order valence-electron chi connectivity index (χ0n) is 14.9. The van der Waals surface area contributed by atoms with Gasteiger partial charge >= 0.3 is 6.09 Å². The van der Waals surface area contributed by atoms with Gasteiger partial charge in [0.25, 0.3) is 0 Å². The fourth-order valence-corrected chi connectivity index (χ4v) is 2.23. The van der Waals surface area contributed by atoms with Gasteiger partial charge in [0.05, 0.1) is 11.6 Å². The first kappa shape index (κ1) is 20.8. The van der Waals surface area contributed by atoms with Crippen LogP contribution in [0.3, 0.4) is 0 Å². The van der Waals surface area contributed by atoms with Gasteiger partial charge in [-0.05, 0) is 25.5 Å². The van der Waals surface area contributed by atoms with E-state index in [1.165, 1.54) is 6.07 Å². The van der Waals surface area contributed by atoms with Gasteiger partial charge in [0.1, 0.15) is 41.6 Å². The highest BCUT2D eigenvalue weighted by molar-refractivity contribution is 6.32. The maximum Gasteiger partial charge on any atom is 0.407 e. The first-order valence-electron chi connectivity index (χ1n) is 8.38. The van der Waals surface area contributed by atoms with Crippen molar-refractivity contribution in [3.8, 4) is 17.2 Å². The highest BCUT2D eigenvalue weighted by atomic mass is 35.5. The molecule has 2 aromatic rings. The van der Waals surface area contributed by atoms with Crippen LogP contribution in [0.25, 0.3) is 0 Å². The van der Waals surface area contributed by atoms with E-state index in [1.54, 1.807) is 19.1 Å². The normalized spacial score (nSPS) is 11.6. The monoisotopic (exact) mass is 399 g/mol. The molecule has 1 atom stereocenters. The summed E-state index contributed by atoms with van der Waals surface area (Å²) < 4.78 is 42.3. The predicted molar refractivity (Wildman–Crippen MR) is 97.6 cm³/mol. The summed E-state index contributed by atoms with van der Waals surface area (Å²) in [4.78, 5) is 11.5. The number of amides is 1. The van der Waals surface area contributed by atoms with E-state index in [-0.39, 0.29) is 30.0 Å². The number of carbonyl (C=O) groups is 1. The van der Waals surface area contributed by atoms with Gasteiger partial charge in [-0.25, -0.2) is 13.6 Å². The Morgan fingerprint density at radius 2 is 1.85 bits per heavy atom. The van der Waals surface area contributed by atoms with Crippen LogP contribution in [0.1, 0.15) is 20.3 Å². The lowest BCUT2D eigenvalue weighted by Crippen LogP contribution is -2.31. The molecule has 1 N–H and O–H groups in total. The number of alkyl carbamates (subject to hydrolysis) is 1. The SMILES string of the molecule is CCC(C)OC(=O)NCCOc1ccc(Oc2cc(F)cc(F)c2)cc1Cl. The summed E-state index contributed by atoms with van der Waals surface area (Å²) in [5.74, 6) is -0.786. The molecule has 1 unspecified atom stereocenters. The summed E-state index contributed by atoms with van der Waals surface area (Å²) in [5, 5.41) is 2.82. The molecule has 0 saturated carbocycles. The van der Waals surface area contributed by atoms with E-state index in [1.807, 2.05) is 6.92 Å². The van der Waals surface area contributed by atoms with Crippen molar-refractivity contribution in [2.75, 3.05) is 13.2 Å². The number of ether oxygens (including phenoxy) is 3. The van der Waals surface area contributed by atoms with Crippen molar-refractivity contribution < 1.29 is 27.8 Å². The highest BCUT2D eigenvalue weighted by Gasteiger charge is 2.09. The number of rotatable bonds is 8. The van der Waals surface area contributed by atoms with Crippen LogP contribution in [-0.4, -0.2) is 25.3 Å². The van der Waals surface area contributed by atoms with E-state index < -0.39 is 17.7 Å². The van der Waals surface area contributed by atoms with Crippen molar-refractivity contribution >= 4 is 17.7 Å². The molecule has 0 bridgehead atoms. The Hall–Kier alpha value is -2.54. The number of nitrogens with one attached hydrogen (secondary N) is 1. The fraction of sp³-hybridized carbons (Fsp3) is 0.316. The van der Waals surface area contributed by atoms with E-state index in [0.29, 0.717) is 11.5 Å². The molecule has 0 fully saturated rings. The number of hydrogen-bond donors (Lipinski definition) is 1. The van der Waals surface area contributed by atoms with Crippen LogP contribution in [0.5, 0.6) is 17.2 Å². The standard InChI is InChI=1S/C19H20ClF2NO4/c1-3-12(2)26-19(24)23-6-7-25-18-5-4-15(11-17(18)20)27-16-9-13(21)8-14(22)10-16/h4-5,8-12H,3,6-7H2,1-2H3,(H,23,24). The second-order valence-electron chi connectivity index (χ2n) is 5.70. The first-order chi connectivity index (χ1) is 12.9. The molecule has 0 spiro atoms. The second-order valence-corrected chi connectivity index (χ2v) is 6.11. The van der Waals surface area contributed by atoms with Gasteiger partial charge < -0.3 is 19.5 Å². The van der Waals surface area contributed by atoms with E-state index in [0.717, 1.165) is 24.6 Å². The van der Waals surface area contributed by atoms with Crippen molar-refractivity contribution in [1.82, 2.24) is 5.32 Å². The van der Waals surface area contributed by atoms with Crippen LogP contribution in [0.15, 0.2) is 36.4 Å². The van der Waals surface area contributed by atoms with Crippen molar-refractivity contribution in [1.29, 1.82) is 0 Å². The molecule has 0 radical (unpaired) electrons. The number of benzene rings is 2.